The Hall–Kier alpha value is -6.22. The van der Waals surface area contributed by atoms with E-state index in [1.165, 1.54) is 5.56 Å². The number of ether oxygens (including phenoxy) is 3. The van der Waals surface area contributed by atoms with Gasteiger partial charge in [-0.15, -0.1) is 0 Å². The highest BCUT2D eigenvalue weighted by Gasteiger charge is 2.38. The van der Waals surface area contributed by atoms with E-state index in [1.54, 1.807) is 26.4 Å². The van der Waals surface area contributed by atoms with Crippen molar-refractivity contribution < 1.29 is 23.8 Å². The fourth-order valence-corrected chi connectivity index (χ4v) is 8.07. The van der Waals surface area contributed by atoms with Crippen LogP contribution in [-0.2, 0) is 32.3 Å². The molecule has 4 heterocycles. The van der Waals surface area contributed by atoms with Crippen LogP contribution < -0.4 is 24.0 Å². The van der Waals surface area contributed by atoms with Crippen molar-refractivity contribution in [3.05, 3.63) is 136 Å². The molecule has 0 bridgehead atoms. The number of para-hydroxylation sites is 2. The Bertz CT molecular complexity index is 2350. The number of carbonyl (C=O) groups excluding carboxylic acids is 2. The van der Waals surface area contributed by atoms with E-state index in [2.05, 4.69) is 24.3 Å². The van der Waals surface area contributed by atoms with Crippen LogP contribution in [0.15, 0.2) is 107 Å². The first-order chi connectivity index (χ1) is 26.0. The van der Waals surface area contributed by atoms with Crippen LogP contribution in [0, 0.1) is 0 Å². The van der Waals surface area contributed by atoms with Crippen LogP contribution in [0.4, 0.5) is 22.7 Å². The second kappa shape index (κ2) is 13.4. The van der Waals surface area contributed by atoms with E-state index in [-0.39, 0.29) is 23.9 Å². The van der Waals surface area contributed by atoms with Gasteiger partial charge in [-0.05, 0) is 77.4 Å². The highest BCUT2D eigenvalue weighted by atomic mass is 16.5. The smallest absolute Gasteiger partial charge is 0.261 e. The number of hydrogen-bond donors (Lipinski definition) is 0. The van der Waals surface area contributed by atoms with Crippen LogP contribution in [0.3, 0.4) is 0 Å². The largest absolute Gasteiger partial charge is 0.496 e. The quantitative estimate of drug-likeness (QED) is 0.155. The molecule has 9 heteroatoms. The zero-order valence-corrected chi connectivity index (χ0v) is 29.6. The van der Waals surface area contributed by atoms with Crippen LogP contribution in [0.2, 0.25) is 0 Å². The van der Waals surface area contributed by atoms with Gasteiger partial charge in [0.05, 0.1) is 48.8 Å². The van der Waals surface area contributed by atoms with Gasteiger partial charge in [-0.2, -0.15) is 0 Å². The Morgan fingerprint density at radius 1 is 0.623 bits per heavy atom. The molecule has 53 heavy (non-hydrogen) atoms. The Balaban J connectivity index is 0.872. The molecule has 0 radical (unpaired) electrons. The zero-order valence-electron chi connectivity index (χ0n) is 29.6. The Kier molecular flexibility index (Phi) is 8.26. The molecular weight excluding hydrogens is 665 g/mol. The van der Waals surface area contributed by atoms with E-state index < -0.39 is 0 Å². The number of benzene rings is 5. The number of aryl methyl sites for hydroxylation is 2. The Morgan fingerprint density at radius 3 is 1.85 bits per heavy atom. The third kappa shape index (κ3) is 5.82. The molecule has 0 unspecified atom stereocenters. The van der Waals surface area contributed by atoms with Crippen LogP contribution in [-0.4, -0.2) is 50.5 Å². The molecule has 0 saturated carbocycles. The summed E-state index contributed by atoms with van der Waals surface area (Å²) in [6.45, 7) is 0.329. The van der Waals surface area contributed by atoms with Crippen molar-refractivity contribution in [1.29, 1.82) is 0 Å². The highest BCUT2D eigenvalue weighted by Crippen LogP contribution is 2.42. The standard InChI is InChI=1S/C44H38N4O5/c1-51-40-21-34-36(45-24-32-18-29-12-3-5-15-38(29)47(32)43(34)49)20-31(40)14-8-10-27-9-7-11-28(17-27)26-53-42-23-37-35(22-41(42)52-2)44(50)48-33(25-46-37)19-30-13-4-6-16-39(30)48/h3-7,9,11-13,15-17,20-25,32-33H,8,10,14,18-19,26H2,1-2H3/t32-,33-/m0/s1. The summed E-state index contributed by atoms with van der Waals surface area (Å²) in [6.07, 6.45) is 7.77. The summed E-state index contributed by atoms with van der Waals surface area (Å²) < 4.78 is 17.8. The average molecular weight is 703 g/mol. The summed E-state index contributed by atoms with van der Waals surface area (Å²) in [4.78, 5) is 40.8. The van der Waals surface area contributed by atoms with Crippen molar-refractivity contribution >= 4 is 47.0 Å². The molecule has 4 aliphatic rings. The van der Waals surface area contributed by atoms with E-state index in [0.29, 0.717) is 46.4 Å². The molecule has 0 N–H and O–H groups in total. The maximum atomic E-state index is 13.8. The lowest BCUT2D eigenvalue weighted by Gasteiger charge is -2.22. The first-order valence-corrected chi connectivity index (χ1v) is 18.0. The van der Waals surface area contributed by atoms with E-state index in [1.807, 2.05) is 82.9 Å². The number of aliphatic imine (C=N–C) groups is 2. The molecule has 0 aliphatic carbocycles. The van der Waals surface area contributed by atoms with Gasteiger partial charge in [0, 0.05) is 42.7 Å². The first kappa shape index (κ1) is 32.7. The molecule has 5 aromatic carbocycles. The zero-order chi connectivity index (χ0) is 36.1. The number of methoxy groups -OCH3 is 2. The minimum Gasteiger partial charge on any atom is -0.496 e. The summed E-state index contributed by atoms with van der Waals surface area (Å²) in [5.74, 6) is 1.57. The fraction of sp³-hybridized carbons (Fsp3) is 0.227. The average Bonchev–Trinajstić information content (AvgIpc) is 3.68. The minimum absolute atomic E-state index is 0.0486. The van der Waals surface area contributed by atoms with E-state index in [0.717, 1.165) is 65.7 Å². The predicted molar refractivity (Wildman–Crippen MR) is 207 cm³/mol. The Labute approximate surface area is 308 Å². The molecule has 0 aromatic heterocycles. The molecule has 0 saturated heterocycles. The van der Waals surface area contributed by atoms with Gasteiger partial charge in [-0.3, -0.25) is 29.4 Å². The lowest BCUT2D eigenvalue weighted by atomic mass is 9.99. The molecule has 264 valence electrons. The van der Waals surface area contributed by atoms with Gasteiger partial charge in [0.25, 0.3) is 11.8 Å². The van der Waals surface area contributed by atoms with Gasteiger partial charge in [0.1, 0.15) is 12.4 Å². The van der Waals surface area contributed by atoms with Gasteiger partial charge >= 0.3 is 0 Å². The summed E-state index contributed by atoms with van der Waals surface area (Å²) in [5.41, 5.74) is 9.73. The van der Waals surface area contributed by atoms with Crippen molar-refractivity contribution in [3.63, 3.8) is 0 Å². The molecule has 5 aromatic rings. The van der Waals surface area contributed by atoms with Crippen molar-refractivity contribution in [2.24, 2.45) is 9.98 Å². The van der Waals surface area contributed by atoms with Gasteiger partial charge in [-0.25, -0.2) is 0 Å². The number of rotatable bonds is 9. The fourth-order valence-electron chi connectivity index (χ4n) is 8.07. The molecule has 9 rings (SSSR count). The first-order valence-electron chi connectivity index (χ1n) is 18.0. The predicted octanol–water partition coefficient (Wildman–Crippen LogP) is 8.03. The van der Waals surface area contributed by atoms with Crippen LogP contribution in [0.25, 0.3) is 0 Å². The second-order valence-corrected chi connectivity index (χ2v) is 13.9. The second-order valence-electron chi connectivity index (χ2n) is 13.9. The van der Waals surface area contributed by atoms with Gasteiger partial charge in [-0.1, -0.05) is 60.7 Å². The van der Waals surface area contributed by atoms with Crippen molar-refractivity contribution in [1.82, 2.24) is 0 Å². The molecule has 9 nitrogen and oxygen atoms in total. The summed E-state index contributed by atoms with van der Waals surface area (Å²) in [5, 5.41) is 0. The number of hydrogen-bond acceptors (Lipinski definition) is 7. The van der Waals surface area contributed by atoms with Gasteiger partial charge < -0.3 is 14.2 Å². The maximum Gasteiger partial charge on any atom is 0.261 e. The number of amides is 2. The summed E-state index contributed by atoms with van der Waals surface area (Å²) >= 11 is 0. The normalized spacial score (nSPS) is 17.6. The molecule has 2 atom stereocenters. The third-order valence-corrected chi connectivity index (χ3v) is 10.7. The van der Waals surface area contributed by atoms with Crippen LogP contribution in [0.1, 0.15) is 55.0 Å². The minimum atomic E-state index is -0.127. The van der Waals surface area contributed by atoms with Crippen molar-refractivity contribution in [2.45, 2.75) is 50.8 Å². The van der Waals surface area contributed by atoms with Gasteiger partial charge in [0.15, 0.2) is 11.5 Å². The SMILES string of the molecule is COc1cc2c(cc1CCCc1cccc(COc3cc4c(cc3OC)C(=O)N3c5ccccc5C[C@H]3C=N4)c1)N=C[C@@H]1Cc3ccccc3N1C2=O. The van der Waals surface area contributed by atoms with Crippen molar-refractivity contribution in [2.75, 3.05) is 24.0 Å². The Morgan fingerprint density at radius 2 is 1.21 bits per heavy atom. The number of anilines is 2. The molecule has 4 aliphatic heterocycles. The number of fused-ring (bicyclic) bond motifs is 8. The maximum absolute atomic E-state index is 13.8. The highest BCUT2D eigenvalue weighted by molar-refractivity contribution is 6.15. The summed E-state index contributed by atoms with van der Waals surface area (Å²) in [6, 6.07) is 31.6. The lowest BCUT2D eigenvalue weighted by Crippen LogP contribution is -2.37. The molecule has 0 fully saturated rings. The number of carbonyl (C=O) groups is 2. The van der Waals surface area contributed by atoms with E-state index in [4.69, 9.17) is 24.2 Å². The van der Waals surface area contributed by atoms with E-state index >= 15 is 0 Å². The monoisotopic (exact) mass is 702 g/mol. The number of nitrogens with zero attached hydrogens (tertiary/aromatic N) is 4. The van der Waals surface area contributed by atoms with Gasteiger partial charge in [0.2, 0.25) is 0 Å². The van der Waals surface area contributed by atoms with E-state index in [9.17, 15) is 9.59 Å². The van der Waals surface area contributed by atoms with Crippen LogP contribution >= 0.6 is 0 Å². The van der Waals surface area contributed by atoms with Crippen molar-refractivity contribution in [3.8, 4) is 17.2 Å². The van der Waals surface area contributed by atoms with Crippen LogP contribution in [0.5, 0.6) is 17.2 Å². The molecular formula is C44H38N4O5. The lowest BCUT2D eigenvalue weighted by molar-refractivity contribution is 0.0979. The topological polar surface area (TPSA) is 93.0 Å². The third-order valence-electron chi connectivity index (χ3n) is 10.7. The molecule has 2 amide bonds. The molecule has 0 spiro atoms. The summed E-state index contributed by atoms with van der Waals surface area (Å²) in [7, 11) is 3.23.